The molecule has 5 nitrogen and oxygen atoms in total. The molecule has 0 radical (unpaired) electrons. The van der Waals surface area contributed by atoms with Crippen LogP contribution in [-0.2, 0) is 21.6 Å². The first-order valence-corrected chi connectivity index (χ1v) is 6.86. The summed E-state index contributed by atoms with van der Waals surface area (Å²) in [4.78, 5) is 22.4. The van der Waals surface area contributed by atoms with E-state index in [0.717, 1.165) is 5.56 Å². The van der Waals surface area contributed by atoms with Crippen LogP contribution in [0.25, 0.3) is 0 Å². The molecule has 1 heterocycles. The number of alkyl carbamates (subject to hydrolysis) is 1. The molecule has 21 heavy (non-hydrogen) atoms. The van der Waals surface area contributed by atoms with Gasteiger partial charge in [0.15, 0.2) is 0 Å². The molecule has 2 N–H and O–H groups in total. The highest BCUT2D eigenvalue weighted by atomic mass is 16.5. The van der Waals surface area contributed by atoms with Gasteiger partial charge in [0.05, 0.1) is 5.57 Å². The zero-order valence-corrected chi connectivity index (χ0v) is 12.5. The minimum atomic E-state index is -0.568. The number of carbonyl (C=O) groups excluding carboxylic acids is 2. The van der Waals surface area contributed by atoms with Crippen LogP contribution < -0.4 is 10.6 Å². The Bertz CT molecular complexity index is 568. The normalized spacial score (nSPS) is 16.1. The van der Waals surface area contributed by atoms with Gasteiger partial charge in [0.1, 0.15) is 6.61 Å². The van der Waals surface area contributed by atoms with Crippen LogP contribution in [0.3, 0.4) is 0 Å². The first kappa shape index (κ1) is 15.1. The van der Waals surface area contributed by atoms with Crippen LogP contribution in [0.15, 0.2) is 36.0 Å². The maximum absolute atomic E-state index is 11.5. The number of ether oxygens (including phenoxy) is 1. The van der Waals surface area contributed by atoms with Crippen LogP contribution in [-0.4, -0.2) is 18.5 Å². The van der Waals surface area contributed by atoms with E-state index < -0.39 is 6.09 Å². The van der Waals surface area contributed by atoms with Crippen molar-refractivity contribution in [3.63, 3.8) is 0 Å². The number of β-lactam (4-membered cyclic amide) rings is 1. The van der Waals surface area contributed by atoms with Gasteiger partial charge < -0.3 is 10.1 Å². The molecular formula is C16H20N2O3. The fourth-order valence-corrected chi connectivity index (χ4v) is 1.82. The van der Waals surface area contributed by atoms with Crippen molar-refractivity contribution < 1.29 is 14.3 Å². The quantitative estimate of drug-likeness (QED) is 0.662. The van der Waals surface area contributed by atoms with E-state index in [1.165, 1.54) is 11.8 Å². The molecule has 1 fully saturated rings. The van der Waals surface area contributed by atoms with Gasteiger partial charge in [0, 0.05) is 12.7 Å². The molecule has 2 rings (SSSR count). The summed E-state index contributed by atoms with van der Waals surface area (Å²) < 4.78 is 5.08. The molecular weight excluding hydrogens is 268 g/mol. The number of benzene rings is 1. The third kappa shape index (κ3) is 4.08. The van der Waals surface area contributed by atoms with Gasteiger partial charge in [-0.2, -0.15) is 0 Å². The lowest BCUT2D eigenvalue weighted by molar-refractivity contribution is -0.120. The summed E-state index contributed by atoms with van der Waals surface area (Å²) in [7, 11) is 0. The van der Waals surface area contributed by atoms with E-state index in [1.54, 1.807) is 0 Å². The SMILES string of the molecule is CC(C)(C)c1ccc(COC(=O)NC=C2CNC2=O)cc1. The van der Waals surface area contributed by atoms with E-state index in [9.17, 15) is 9.59 Å². The highest BCUT2D eigenvalue weighted by molar-refractivity contribution is 6.00. The number of hydrogen-bond acceptors (Lipinski definition) is 3. The molecule has 2 amide bonds. The highest BCUT2D eigenvalue weighted by Crippen LogP contribution is 2.22. The summed E-state index contributed by atoms with van der Waals surface area (Å²) in [6.45, 7) is 7.13. The van der Waals surface area contributed by atoms with E-state index in [-0.39, 0.29) is 17.9 Å². The molecule has 5 heteroatoms. The summed E-state index contributed by atoms with van der Waals surface area (Å²) in [6, 6.07) is 7.98. The zero-order chi connectivity index (χ0) is 15.5. The van der Waals surface area contributed by atoms with Crippen molar-refractivity contribution in [3.8, 4) is 0 Å². The number of rotatable bonds is 3. The fourth-order valence-electron chi connectivity index (χ4n) is 1.82. The largest absolute Gasteiger partial charge is 0.444 e. The molecule has 0 aliphatic carbocycles. The van der Waals surface area contributed by atoms with Crippen molar-refractivity contribution in [3.05, 3.63) is 47.2 Å². The third-order valence-corrected chi connectivity index (χ3v) is 3.29. The second-order valence-electron chi connectivity index (χ2n) is 6.02. The lowest BCUT2D eigenvalue weighted by atomic mass is 9.87. The minimum Gasteiger partial charge on any atom is -0.444 e. The predicted molar refractivity (Wildman–Crippen MR) is 79.6 cm³/mol. The lowest BCUT2D eigenvalue weighted by Gasteiger charge is -2.19. The van der Waals surface area contributed by atoms with E-state index in [4.69, 9.17) is 4.74 Å². The Balaban J connectivity index is 1.81. The fraction of sp³-hybridized carbons (Fsp3) is 0.375. The standard InChI is InChI=1S/C16H20N2O3/c1-16(2,3)13-6-4-11(5-7-13)10-21-15(20)18-9-12-8-17-14(12)19/h4-7,9H,8,10H2,1-3H3,(H,17,19)(H,18,20). The maximum Gasteiger partial charge on any atom is 0.411 e. The van der Waals surface area contributed by atoms with Crippen LogP contribution in [0.5, 0.6) is 0 Å². The predicted octanol–water partition coefficient (Wildman–Crippen LogP) is 2.22. The van der Waals surface area contributed by atoms with Gasteiger partial charge >= 0.3 is 6.09 Å². The van der Waals surface area contributed by atoms with E-state index in [1.807, 2.05) is 24.3 Å². The van der Waals surface area contributed by atoms with E-state index >= 15 is 0 Å². The Morgan fingerprint density at radius 1 is 1.33 bits per heavy atom. The van der Waals surface area contributed by atoms with Gasteiger partial charge in [-0.25, -0.2) is 4.79 Å². The number of nitrogens with one attached hydrogen (secondary N) is 2. The summed E-state index contributed by atoms with van der Waals surface area (Å²) in [5, 5.41) is 4.99. The summed E-state index contributed by atoms with van der Waals surface area (Å²) in [5.41, 5.74) is 2.80. The molecule has 112 valence electrons. The summed E-state index contributed by atoms with van der Waals surface area (Å²) in [6.07, 6.45) is 0.811. The number of carbonyl (C=O) groups is 2. The smallest absolute Gasteiger partial charge is 0.411 e. The van der Waals surface area contributed by atoms with Crippen LogP contribution in [0, 0.1) is 0 Å². The molecule has 1 aromatic carbocycles. The first-order valence-electron chi connectivity index (χ1n) is 6.86. The average Bonchev–Trinajstić information content (AvgIpc) is 2.43. The van der Waals surface area contributed by atoms with Crippen LogP contribution in [0.1, 0.15) is 31.9 Å². The van der Waals surface area contributed by atoms with Crippen molar-refractivity contribution in [2.45, 2.75) is 32.8 Å². The Hall–Kier alpha value is -2.30. The molecule has 0 atom stereocenters. The molecule has 1 saturated heterocycles. The number of amides is 2. The van der Waals surface area contributed by atoms with E-state index in [0.29, 0.717) is 12.1 Å². The maximum atomic E-state index is 11.5. The zero-order valence-electron chi connectivity index (χ0n) is 12.5. The topological polar surface area (TPSA) is 67.4 Å². The molecule has 0 unspecified atom stereocenters. The van der Waals surface area contributed by atoms with Gasteiger partial charge in [0.2, 0.25) is 0 Å². The Morgan fingerprint density at radius 2 is 2.00 bits per heavy atom. The Morgan fingerprint density at radius 3 is 2.48 bits per heavy atom. The van der Waals surface area contributed by atoms with Crippen molar-refractivity contribution in [1.29, 1.82) is 0 Å². The van der Waals surface area contributed by atoms with Crippen molar-refractivity contribution >= 4 is 12.0 Å². The van der Waals surface area contributed by atoms with Gasteiger partial charge in [-0.1, -0.05) is 45.0 Å². The second-order valence-corrected chi connectivity index (χ2v) is 6.02. The third-order valence-electron chi connectivity index (χ3n) is 3.29. The molecule has 0 spiro atoms. The number of hydrogen-bond donors (Lipinski definition) is 2. The Kier molecular flexibility index (Phi) is 4.31. The molecule has 0 bridgehead atoms. The second kappa shape index (κ2) is 5.99. The van der Waals surface area contributed by atoms with Crippen LogP contribution in [0.2, 0.25) is 0 Å². The minimum absolute atomic E-state index is 0.103. The molecule has 0 saturated carbocycles. The van der Waals surface area contributed by atoms with Gasteiger partial charge in [-0.05, 0) is 16.5 Å². The van der Waals surface area contributed by atoms with E-state index in [2.05, 4.69) is 31.4 Å². The first-order chi connectivity index (χ1) is 9.86. The van der Waals surface area contributed by atoms with Crippen LogP contribution >= 0.6 is 0 Å². The van der Waals surface area contributed by atoms with Crippen molar-refractivity contribution in [2.24, 2.45) is 0 Å². The van der Waals surface area contributed by atoms with Crippen LogP contribution in [0.4, 0.5) is 4.79 Å². The van der Waals surface area contributed by atoms with Gasteiger partial charge in [0.25, 0.3) is 5.91 Å². The Labute approximate surface area is 124 Å². The summed E-state index contributed by atoms with van der Waals surface area (Å²) >= 11 is 0. The van der Waals surface area contributed by atoms with Crippen molar-refractivity contribution in [2.75, 3.05) is 6.54 Å². The highest BCUT2D eigenvalue weighted by Gasteiger charge is 2.19. The average molecular weight is 288 g/mol. The molecule has 1 aromatic rings. The molecule has 1 aliphatic heterocycles. The van der Waals surface area contributed by atoms with Gasteiger partial charge in [-0.15, -0.1) is 0 Å². The monoisotopic (exact) mass is 288 g/mol. The van der Waals surface area contributed by atoms with Crippen molar-refractivity contribution in [1.82, 2.24) is 10.6 Å². The lowest BCUT2D eigenvalue weighted by Crippen LogP contribution is -2.42. The molecule has 1 aliphatic rings. The van der Waals surface area contributed by atoms with Gasteiger partial charge in [-0.3, -0.25) is 10.1 Å². The molecule has 0 aromatic heterocycles. The summed E-state index contributed by atoms with van der Waals surface area (Å²) in [5.74, 6) is -0.159.